The smallest absolute Gasteiger partial charge is 0.0729 e. The molecule has 0 bridgehead atoms. The lowest BCUT2D eigenvalue weighted by molar-refractivity contribution is -0.0327. The van der Waals surface area contributed by atoms with Gasteiger partial charge < -0.3 is 10.3 Å². The van der Waals surface area contributed by atoms with E-state index in [9.17, 15) is 5.11 Å². The second-order valence-electron chi connectivity index (χ2n) is 5.05. The second-order valence-corrected chi connectivity index (χ2v) is 5.05. The van der Waals surface area contributed by atoms with E-state index >= 15 is 0 Å². The molecule has 0 amide bonds. The molecule has 1 atom stereocenters. The molecule has 2 saturated carbocycles. The van der Waals surface area contributed by atoms with Crippen LogP contribution in [0.1, 0.15) is 57.8 Å². The van der Waals surface area contributed by atoms with E-state index in [1.54, 1.807) is 0 Å². The summed E-state index contributed by atoms with van der Waals surface area (Å²) in [5.74, 6) is 0.122. The molecule has 3 heteroatoms. The predicted molar refractivity (Wildman–Crippen MR) is 59.2 cm³/mol. The molecule has 2 N–H and O–H groups in total. The molecule has 2 aliphatic carbocycles. The van der Waals surface area contributed by atoms with E-state index in [1.165, 1.54) is 6.42 Å². The van der Waals surface area contributed by atoms with Crippen molar-refractivity contribution in [2.24, 2.45) is 11.1 Å². The molecule has 86 valence electrons. The second kappa shape index (κ2) is 4.52. The Morgan fingerprint density at radius 1 is 1.07 bits per heavy atom. The Labute approximate surface area is 91.2 Å². The normalized spacial score (nSPS) is 34.2. The number of nitrogens with zero attached hydrogens (tertiary/aromatic N) is 1. The average Bonchev–Trinajstić information content (AvgIpc) is 2.30. The van der Waals surface area contributed by atoms with Crippen molar-refractivity contribution in [3.63, 3.8) is 0 Å². The molecule has 0 radical (unpaired) electrons. The van der Waals surface area contributed by atoms with Crippen molar-refractivity contribution in [3.05, 3.63) is 0 Å². The first-order chi connectivity index (χ1) is 7.26. The minimum absolute atomic E-state index is 0.122. The van der Waals surface area contributed by atoms with Gasteiger partial charge in [0.15, 0.2) is 0 Å². The number of hydrogen-bond acceptors (Lipinski definition) is 3. The Hall–Kier alpha value is -0.570. The first kappa shape index (κ1) is 10.9. The average molecular weight is 211 g/mol. The molecule has 2 rings (SSSR count). The van der Waals surface area contributed by atoms with Gasteiger partial charge in [-0.1, -0.05) is 30.8 Å². The standard InChI is InChI=1S/C12H21NO2/c14-12(8-4-1-5-9-12)10-6-2-3-7-11(10)13-15/h10,14-15H,1-9H2. The predicted octanol–water partition coefficient (Wildman–Crippen LogP) is 2.70. The summed E-state index contributed by atoms with van der Waals surface area (Å²) >= 11 is 0. The van der Waals surface area contributed by atoms with Crippen molar-refractivity contribution < 1.29 is 10.3 Å². The van der Waals surface area contributed by atoms with E-state index in [4.69, 9.17) is 5.21 Å². The zero-order valence-corrected chi connectivity index (χ0v) is 9.28. The van der Waals surface area contributed by atoms with E-state index in [0.717, 1.165) is 57.1 Å². The molecule has 0 heterocycles. The Morgan fingerprint density at radius 2 is 1.80 bits per heavy atom. The van der Waals surface area contributed by atoms with Crippen LogP contribution in [0.2, 0.25) is 0 Å². The topological polar surface area (TPSA) is 52.8 Å². The van der Waals surface area contributed by atoms with E-state index in [-0.39, 0.29) is 5.92 Å². The first-order valence-corrected chi connectivity index (χ1v) is 6.19. The molecule has 0 spiro atoms. The van der Waals surface area contributed by atoms with Gasteiger partial charge in [-0.25, -0.2) is 0 Å². The highest BCUT2D eigenvalue weighted by Gasteiger charge is 2.41. The first-order valence-electron chi connectivity index (χ1n) is 6.19. The van der Waals surface area contributed by atoms with Gasteiger partial charge in [-0.15, -0.1) is 0 Å². The third kappa shape index (κ3) is 2.17. The van der Waals surface area contributed by atoms with Gasteiger partial charge in [-0.05, 0) is 32.1 Å². The summed E-state index contributed by atoms with van der Waals surface area (Å²) in [7, 11) is 0. The maximum atomic E-state index is 10.6. The van der Waals surface area contributed by atoms with Crippen LogP contribution in [0.15, 0.2) is 5.16 Å². The lowest BCUT2D eigenvalue weighted by Gasteiger charge is -2.41. The molecule has 0 aromatic heterocycles. The van der Waals surface area contributed by atoms with Crippen molar-refractivity contribution in [1.82, 2.24) is 0 Å². The number of aliphatic hydroxyl groups is 1. The maximum Gasteiger partial charge on any atom is 0.0729 e. The zero-order chi connectivity index (χ0) is 10.7. The fourth-order valence-corrected chi connectivity index (χ4v) is 3.21. The zero-order valence-electron chi connectivity index (χ0n) is 9.28. The van der Waals surface area contributed by atoms with Crippen LogP contribution in [-0.2, 0) is 0 Å². The highest BCUT2D eigenvalue weighted by atomic mass is 16.4. The SMILES string of the molecule is ON=C1CCCCC1C1(O)CCCCC1. The van der Waals surface area contributed by atoms with Crippen LogP contribution in [0.4, 0.5) is 0 Å². The lowest BCUT2D eigenvalue weighted by atomic mass is 9.69. The molecular formula is C12H21NO2. The number of hydrogen-bond donors (Lipinski definition) is 2. The van der Waals surface area contributed by atoms with Crippen LogP contribution >= 0.6 is 0 Å². The fraction of sp³-hybridized carbons (Fsp3) is 0.917. The minimum Gasteiger partial charge on any atom is -0.411 e. The Bertz CT molecular complexity index is 244. The summed E-state index contributed by atoms with van der Waals surface area (Å²) < 4.78 is 0. The molecule has 1 unspecified atom stereocenters. The van der Waals surface area contributed by atoms with Gasteiger partial charge in [-0.3, -0.25) is 0 Å². The number of rotatable bonds is 1. The minimum atomic E-state index is -0.569. The molecule has 2 aliphatic rings. The highest BCUT2D eigenvalue weighted by Crippen LogP contribution is 2.40. The van der Waals surface area contributed by atoms with Crippen molar-refractivity contribution in [3.8, 4) is 0 Å². The highest BCUT2D eigenvalue weighted by molar-refractivity contribution is 5.87. The van der Waals surface area contributed by atoms with Gasteiger partial charge in [0.25, 0.3) is 0 Å². The summed E-state index contributed by atoms with van der Waals surface area (Å²) in [5, 5.41) is 23.0. The van der Waals surface area contributed by atoms with Crippen LogP contribution in [0, 0.1) is 5.92 Å². The molecule has 3 nitrogen and oxygen atoms in total. The van der Waals surface area contributed by atoms with E-state index in [2.05, 4.69) is 5.16 Å². The number of oxime groups is 1. The van der Waals surface area contributed by atoms with E-state index < -0.39 is 5.60 Å². The summed E-state index contributed by atoms with van der Waals surface area (Å²) in [4.78, 5) is 0. The largest absolute Gasteiger partial charge is 0.411 e. The van der Waals surface area contributed by atoms with Crippen molar-refractivity contribution in [2.75, 3.05) is 0 Å². The Morgan fingerprint density at radius 3 is 2.47 bits per heavy atom. The molecule has 15 heavy (non-hydrogen) atoms. The van der Waals surface area contributed by atoms with Crippen molar-refractivity contribution in [1.29, 1.82) is 0 Å². The van der Waals surface area contributed by atoms with E-state index in [0.29, 0.717) is 0 Å². The quantitative estimate of drug-likeness (QED) is 0.517. The maximum absolute atomic E-state index is 10.6. The summed E-state index contributed by atoms with van der Waals surface area (Å²) in [5.41, 5.74) is 0.269. The lowest BCUT2D eigenvalue weighted by Crippen LogP contribution is -2.45. The van der Waals surface area contributed by atoms with Gasteiger partial charge >= 0.3 is 0 Å². The third-order valence-electron chi connectivity index (χ3n) is 4.07. The summed E-state index contributed by atoms with van der Waals surface area (Å²) in [6.45, 7) is 0. The van der Waals surface area contributed by atoms with Gasteiger partial charge in [0.1, 0.15) is 0 Å². The Kier molecular flexibility index (Phi) is 3.29. The van der Waals surface area contributed by atoms with Gasteiger partial charge in [0.05, 0.1) is 11.3 Å². The van der Waals surface area contributed by atoms with Gasteiger partial charge in [0.2, 0.25) is 0 Å². The van der Waals surface area contributed by atoms with Crippen LogP contribution in [0.5, 0.6) is 0 Å². The molecule has 0 aromatic carbocycles. The monoisotopic (exact) mass is 211 g/mol. The molecule has 0 aromatic rings. The van der Waals surface area contributed by atoms with Gasteiger partial charge in [-0.2, -0.15) is 0 Å². The third-order valence-corrected chi connectivity index (χ3v) is 4.07. The Balaban J connectivity index is 2.12. The summed E-state index contributed by atoms with van der Waals surface area (Å²) in [6.07, 6.45) is 9.36. The van der Waals surface area contributed by atoms with Crippen LogP contribution < -0.4 is 0 Å². The molecule has 0 saturated heterocycles. The van der Waals surface area contributed by atoms with Gasteiger partial charge in [0, 0.05) is 5.92 Å². The molecular weight excluding hydrogens is 190 g/mol. The molecule has 2 fully saturated rings. The van der Waals surface area contributed by atoms with Crippen LogP contribution in [0.25, 0.3) is 0 Å². The fourth-order valence-electron chi connectivity index (χ4n) is 3.21. The van der Waals surface area contributed by atoms with E-state index in [1.807, 2.05) is 0 Å². The van der Waals surface area contributed by atoms with Crippen LogP contribution in [-0.4, -0.2) is 21.6 Å². The van der Waals surface area contributed by atoms with Crippen molar-refractivity contribution in [2.45, 2.75) is 63.4 Å². The summed E-state index contributed by atoms with van der Waals surface area (Å²) in [6, 6.07) is 0. The van der Waals surface area contributed by atoms with Crippen LogP contribution in [0.3, 0.4) is 0 Å². The van der Waals surface area contributed by atoms with Crippen molar-refractivity contribution >= 4 is 5.71 Å². The molecule has 0 aliphatic heterocycles.